The van der Waals surface area contributed by atoms with Gasteiger partial charge in [0, 0.05) is 28.4 Å². The molecule has 0 spiro atoms. The number of methoxy groups -OCH3 is 1. The first-order valence-electron chi connectivity index (χ1n) is 6.35. The van der Waals surface area contributed by atoms with Crippen molar-refractivity contribution in [2.24, 2.45) is 0 Å². The van der Waals surface area contributed by atoms with Crippen molar-refractivity contribution >= 4 is 34.9 Å². The molecule has 0 aliphatic heterocycles. The van der Waals surface area contributed by atoms with Gasteiger partial charge in [-0.15, -0.1) is 0 Å². The number of nitrogens with one attached hydrogen (secondary N) is 1. The number of nitro groups is 1. The molecule has 2 aromatic carbocycles. The maximum absolute atomic E-state index is 12.2. The molecule has 0 radical (unpaired) electrons. The minimum atomic E-state index is -0.773. The number of amides is 1. The molecule has 0 unspecified atom stereocenters. The fourth-order valence-electron chi connectivity index (χ4n) is 1.85. The molecule has 2 rings (SSSR count). The second-order valence-electron chi connectivity index (χ2n) is 4.48. The van der Waals surface area contributed by atoms with E-state index in [1.807, 2.05) is 0 Å². The topological polar surface area (TPSA) is 98.5 Å². The van der Waals surface area contributed by atoms with E-state index in [0.717, 1.165) is 19.2 Å². The second kappa shape index (κ2) is 6.89. The van der Waals surface area contributed by atoms with Crippen molar-refractivity contribution in [3.05, 3.63) is 68.7 Å². The molecule has 0 aliphatic carbocycles. The molecule has 0 fully saturated rings. The fraction of sp³-hybridized carbons (Fsp3) is 0.0667. The molecule has 1 N–H and O–H groups in total. The Balaban J connectivity index is 2.37. The van der Waals surface area contributed by atoms with E-state index >= 15 is 0 Å². The zero-order valence-corrected chi connectivity index (χ0v) is 12.7. The van der Waals surface area contributed by atoms with Crippen molar-refractivity contribution in [2.45, 2.75) is 0 Å². The van der Waals surface area contributed by atoms with E-state index in [0.29, 0.717) is 10.7 Å². The summed E-state index contributed by atoms with van der Waals surface area (Å²) < 4.78 is 4.53. The molecule has 0 aromatic heterocycles. The molecular formula is C15H11ClN2O5. The molecule has 1 amide bonds. The number of nitrogens with zero attached hydrogens (tertiary/aromatic N) is 1. The summed E-state index contributed by atoms with van der Waals surface area (Å²) in [7, 11) is 1.15. The number of non-ortho nitro benzene ring substituents is 1. The largest absolute Gasteiger partial charge is 0.465 e. The summed E-state index contributed by atoms with van der Waals surface area (Å²) in [4.78, 5) is 34.1. The van der Waals surface area contributed by atoms with Crippen LogP contribution in [0.15, 0.2) is 42.5 Å². The van der Waals surface area contributed by atoms with Crippen molar-refractivity contribution in [3.63, 3.8) is 0 Å². The molecule has 7 nitrogen and oxygen atoms in total. The Bertz CT molecular complexity index is 791. The van der Waals surface area contributed by atoms with Crippen LogP contribution in [0, 0.1) is 10.1 Å². The summed E-state index contributed by atoms with van der Waals surface area (Å²) in [6, 6.07) is 9.76. The molecule has 0 aliphatic rings. The first-order valence-corrected chi connectivity index (χ1v) is 6.73. The maximum atomic E-state index is 12.2. The van der Waals surface area contributed by atoms with Crippen LogP contribution in [0.25, 0.3) is 0 Å². The second-order valence-corrected chi connectivity index (χ2v) is 4.92. The van der Waals surface area contributed by atoms with Crippen LogP contribution >= 0.6 is 11.6 Å². The molecule has 0 bridgehead atoms. The lowest BCUT2D eigenvalue weighted by Crippen LogP contribution is -2.14. The van der Waals surface area contributed by atoms with E-state index in [1.165, 1.54) is 12.1 Å². The smallest absolute Gasteiger partial charge is 0.338 e. The molecule has 2 aromatic rings. The average Bonchev–Trinajstić information content (AvgIpc) is 2.53. The predicted octanol–water partition coefficient (Wildman–Crippen LogP) is 3.29. The number of carbonyl (C=O) groups excluding carboxylic acids is 2. The molecular weight excluding hydrogens is 324 g/mol. The van der Waals surface area contributed by atoms with Crippen LogP contribution in [0.2, 0.25) is 5.02 Å². The van der Waals surface area contributed by atoms with Gasteiger partial charge in [-0.25, -0.2) is 4.79 Å². The van der Waals surface area contributed by atoms with Gasteiger partial charge in [-0.3, -0.25) is 14.9 Å². The van der Waals surface area contributed by atoms with Gasteiger partial charge in [0.15, 0.2) is 0 Å². The fourth-order valence-corrected chi connectivity index (χ4v) is 2.04. The number of hydrogen-bond acceptors (Lipinski definition) is 5. The van der Waals surface area contributed by atoms with Crippen LogP contribution < -0.4 is 5.32 Å². The molecule has 23 heavy (non-hydrogen) atoms. The highest BCUT2D eigenvalue weighted by atomic mass is 35.5. The van der Waals surface area contributed by atoms with Gasteiger partial charge in [-0.2, -0.15) is 0 Å². The third kappa shape index (κ3) is 4.04. The Morgan fingerprint density at radius 1 is 1.17 bits per heavy atom. The monoisotopic (exact) mass is 334 g/mol. The highest BCUT2D eigenvalue weighted by molar-refractivity contribution is 6.31. The lowest BCUT2D eigenvalue weighted by Gasteiger charge is -2.07. The lowest BCUT2D eigenvalue weighted by molar-refractivity contribution is -0.384. The summed E-state index contributed by atoms with van der Waals surface area (Å²) in [5.41, 5.74) is -0.0877. The van der Waals surface area contributed by atoms with Crippen LogP contribution in [0.4, 0.5) is 11.4 Å². The Labute approximate surface area is 136 Å². The number of esters is 1. The van der Waals surface area contributed by atoms with Crippen molar-refractivity contribution in [1.29, 1.82) is 0 Å². The van der Waals surface area contributed by atoms with Gasteiger partial charge >= 0.3 is 5.97 Å². The van der Waals surface area contributed by atoms with Gasteiger partial charge in [0.2, 0.25) is 0 Å². The van der Waals surface area contributed by atoms with Crippen LogP contribution in [0.5, 0.6) is 0 Å². The van der Waals surface area contributed by atoms with Gasteiger partial charge in [-0.1, -0.05) is 17.7 Å². The quantitative estimate of drug-likeness (QED) is 0.525. The number of carbonyl (C=O) groups is 2. The van der Waals surface area contributed by atoms with Gasteiger partial charge in [0.1, 0.15) is 0 Å². The highest BCUT2D eigenvalue weighted by Gasteiger charge is 2.18. The Morgan fingerprint density at radius 2 is 1.87 bits per heavy atom. The van der Waals surface area contributed by atoms with Gasteiger partial charge in [0.25, 0.3) is 11.6 Å². The Hall–Kier alpha value is -2.93. The van der Waals surface area contributed by atoms with E-state index in [2.05, 4.69) is 10.1 Å². The number of rotatable bonds is 4. The number of hydrogen-bond donors (Lipinski definition) is 1. The third-order valence-electron chi connectivity index (χ3n) is 2.89. The third-order valence-corrected chi connectivity index (χ3v) is 3.13. The summed E-state index contributed by atoms with van der Waals surface area (Å²) in [5, 5.41) is 13.9. The lowest BCUT2D eigenvalue weighted by atomic mass is 10.1. The number of halogens is 1. The molecule has 0 atom stereocenters. The van der Waals surface area contributed by atoms with Crippen LogP contribution in [0.1, 0.15) is 20.7 Å². The summed E-state index contributed by atoms with van der Waals surface area (Å²) in [6.45, 7) is 0. The molecule has 118 valence electrons. The standard InChI is InChI=1S/C15H11ClN2O5/c1-23-15(20)10-5-9(6-13(7-10)18(21)22)14(19)17-12-4-2-3-11(16)8-12/h2-8H,1H3,(H,17,19). The molecule has 0 saturated heterocycles. The van der Waals surface area contributed by atoms with Gasteiger partial charge in [0.05, 0.1) is 17.6 Å². The summed E-state index contributed by atoms with van der Waals surface area (Å²) in [5.74, 6) is -1.38. The van der Waals surface area contributed by atoms with Crippen LogP contribution in [-0.4, -0.2) is 23.9 Å². The maximum Gasteiger partial charge on any atom is 0.338 e. The van der Waals surface area contributed by atoms with E-state index in [1.54, 1.807) is 18.2 Å². The van der Waals surface area contributed by atoms with Crippen molar-refractivity contribution in [3.8, 4) is 0 Å². The van der Waals surface area contributed by atoms with E-state index in [-0.39, 0.29) is 16.8 Å². The van der Waals surface area contributed by atoms with Crippen LogP contribution in [-0.2, 0) is 4.74 Å². The van der Waals surface area contributed by atoms with Crippen LogP contribution in [0.3, 0.4) is 0 Å². The van der Waals surface area contributed by atoms with E-state index < -0.39 is 16.8 Å². The minimum Gasteiger partial charge on any atom is -0.465 e. The van der Waals surface area contributed by atoms with Crippen molar-refractivity contribution < 1.29 is 19.2 Å². The van der Waals surface area contributed by atoms with E-state index in [9.17, 15) is 19.7 Å². The first-order chi connectivity index (χ1) is 10.9. The predicted molar refractivity (Wildman–Crippen MR) is 83.8 cm³/mol. The summed E-state index contributed by atoms with van der Waals surface area (Å²) >= 11 is 5.82. The molecule has 0 heterocycles. The molecule has 0 saturated carbocycles. The zero-order valence-electron chi connectivity index (χ0n) is 11.9. The zero-order chi connectivity index (χ0) is 17.0. The first kappa shape index (κ1) is 16.4. The average molecular weight is 335 g/mol. The Morgan fingerprint density at radius 3 is 2.48 bits per heavy atom. The number of anilines is 1. The number of nitro benzene ring substituents is 1. The highest BCUT2D eigenvalue weighted by Crippen LogP contribution is 2.20. The normalized spacial score (nSPS) is 10.0. The molecule has 8 heteroatoms. The SMILES string of the molecule is COC(=O)c1cc(C(=O)Nc2cccc(Cl)c2)cc([N+](=O)[O-])c1. The number of ether oxygens (including phenoxy) is 1. The van der Waals surface area contributed by atoms with Gasteiger partial charge in [-0.05, 0) is 24.3 Å². The van der Waals surface area contributed by atoms with Gasteiger partial charge < -0.3 is 10.1 Å². The number of benzene rings is 2. The van der Waals surface area contributed by atoms with Crippen molar-refractivity contribution in [2.75, 3.05) is 12.4 Å². The minimum absolute atomic E-state index is 0.0421. The van der Waals surface area contributed by atoms with E-state index in [4.69, 9.17) is 11.6 Å². The summed E-state index contributed by atoms with van der Waals surface area (Å²) in [6.07, 6.45) is 0. The Kier molecular flexibility index (Phi) is 4.92. The van der Waals surface area contributed by atoms with Crippen molar-refractivity contribution in [1.82, 2.24) is 0 Å².